The average molecular weight is 428 g/mol. The van der Waals surface area contributed by atoms with Crippen LogP contribution in [0.25, 0.3) is 0 Å². The molecule has 0 spiro atoms. The molecule has 0 aliphatic carbocycles. The third-order valence-electron chi connectivity index (χ3n) is 2.26. The lowest BCUT2D eigenvalue weighted by Gasteiger charge is -2.13. The molecule has 0 aromatic heterocycles. The zero-order valence-electron chi connectivity index (χ0n) is 9.69. The Hall–Kier alpha value is -0.000000000000000167. The Bertz CT molecular complexity index is 414. The lowest BCUT2D eigenvalue weighted by atomic mass is 10.1. The highest BCUT2D eigenvalue weighted by atomic mass is 79.9. The summed E-state index contributed by atoms with van der Waals surface area (Å²) in [5.41, 5.74) is 2.36. The molecule has 0 aliphatic heterocycles. The van der Waals surface area contributed by atoms with Gasteiger partial charge in [0.1, 0.15) is 12.4 Å². The number of anilines is 1. The molecule has 0 heterocycles. The molecule has 1 N–H and O–H groups in total. The quantitative estimate of drug-likeness (QED) is 0.708. The van der Waals surface area contributed by atoms with Gasteiger partial charge in [-0.05, 0) is 78.0 Å². The van der Waals surface area contributed by atoms with Gasteiger partial charge in [0.05, 0.1) is 9.08 Å². The normalized spacial score (nSPS) is 9.94. The predicted molar refractivity (Wildman–Crippen MR) is 84.5 cm³/mol. The molecule has 1 rings (SSSR count). The highest BCUT2D eigenvalue weighted by Crippen LogP contribution is 2.31. The van der Waals surface area contributed by atoms with E-state index in [0.29, 0.717) is 6.61 Å². The third-order valence-corrected chi connectivity index (χ3v) is 3.54. The second-order valence-corrected chi connectivity index (χ2v) is 6.97. The molecule has 0 amide bonds. The van der Waals surface area contributed by atoms with E-state index in [1.807, 2.05) is 19.2 Å². The molecule has 1 aromatic carbocycles. The van der Waals surface area contributed by atoms with E-state index < -0.39 is 0 Å². The number of rotatable bonds is 5. The maximum atomic E-state index is 5.65. The van der Waals surface area contributed by atoms with Crippen LogP contribution in [0.1, 0.15) is 12.5 Å². The zero-order chi connectivity index (χ0) is 12.8. The summed E-state index contributed by atoms with van der Waals surface area (Å²) in [6.07, 6.45) is 2.87. The summed E-state index contributed by atoms with van der Waals surface area (Å²) < 4.78 is 7.56. The molecule has 5 heteroatoms. The fourth-order valence-electron chi connectivity index (χ4n) is 1.48. The summed E-state index contributed by atoms with van der Waals surface area (Å²) in [4.78, 5) is 0. The van der Waals surface area contributed by atoms with Gasteiger partial charge in [0.25, 0.3) is 0 Å². The fraction of sp³-hybridized carbons (Fsp3) is 0.333. The number of benzene rings is 1. The van der Waals surface area contributed by atoms with E-state index in [2.05, 4.69) is 66.1 Å². The smallest absolute Gasteiger partial charge is 0.121 e. The van der Waals surface area contributed by atoms with Gasteiger partial charge in [0, 0.05) is 11.5 Å². The molecule has 0 fully saturated rings. The first-order chi connectivity index (χ1) is 8.08. The van der Waals surface area contributed by atoms with Crippen molar-refractivity contribution in [2.75, 3.05) is 19.0 Å². The minimum atomic E-state index is 0.528. The zero-order valence-corrected chi connectivity index (χ0v) is 14.4. The maximum Gasteiger partial charge on any atom is 0.121 e. The van der Waals surface area contributed by atoms with Crippen molar-refractivity contribution in [2.45, 2.75) is 13.3 Å². The summed E-state index contributed by atoms with van der Waals surface area (Å²) >= 11 is 10.1. The van der Waals surface area contributed by atoms with Crippen LogP contribution in [0.2, 0.25) is 0 Å². The molecule has 2 nitrogen and oxygen atoms in total. The van der Waals surface area contributed by atoms with E-state index in [-0.39, 0.29) is 0 Å². The molecule has 0 bridgehead atoms. The van der Waals surface area contributed by atoms with Gasteiger partial charge in [-0.15, -0.1) is 0 Å². The minimum Gasteiger partial charge on any atom is -0.489 e. The fourth-order valence-corrected chi connectivity index (χ4v) is 2.42. The minimum absolute atomic E-state index is 0.528. The number of hydrogen-bond acceptors (Lipinski definition) is 2. The van der Waals surface area contributed by atoms with E-state index >= 15 is 0 Å². The Morgan fingerprint density at radius 1 is 1.41 bits per heavy atom. The number of aryl methyl sites for hydroxylation is 1. The second kappa shape index (κ2) is 7.44. The molecule has 0 radical (unpaired) electrons. The van der Waals surface area contributed by atoms with Crippen molar-refractivity contribution in [2.24, 2.45) is 0 Å². The first kappa shape index (κ1) is 15.1. The first-order valence-corrected chi connectivity index (χ1v) is 7.60. The third kappa shape index (κ3) is 4.64. The van der Waals surface area contributed by atoms with E-state index in [1.54, 1.807) is 0 Å². The molecule has 0 aliphatic rings. The SMILES string of the molecule is CCc1cc(OCC=C(Br)Br)cc(Br)c1NC. The number of nitrogens with one attached hydrogen (secondary N) is 1. The maximum absolute atomic E-state index is 5.65. The van der Waals surface area contributed by atoms with Gasteiger partial charge in [-0.1, -0.05) is 6.92 Å². The molecule has 94 valence electrons. The number of hydrogen-bond donors (Lipinski definition) is 1. The van der Waals surface area contributed by atoms with Gasteiger partial charge in [0.2, 0.25) is 0 Å². The molecule has 1 aromatic rings. The molecule has 0 saturated carbocycles. The van der Waals surface area contributed by atoms with Crippen LogP contribution in [0.5, 0.6) is 5.75 Å². The van der Waals surface area contributed by atoms with Crippen molar-refractivity contribution < 1.29 is 4.74 Å². The Kier molecular flexibility index (Phi) is 6.59. The van der Waals surface area contributed by atoms with Crippen LogP contribution in [-0.2, 0) is 6.42 Å². The lowest BCUT2D eigenvalue weighted by Crippen LogP contribution is -1.99. The van der Waals surface area contributed by atoms with Crippen molar-refractivity contribution >= 4 is 53.5 Å². The van der Waals surface area contributed by atoms with Gasteiger partial charge < -0.3 is 10.1 Å². The van der Waals surface area contributed by atoms with Crippen molar-refractivity contribution in [3.8, 4) is 5.75 Å². The van der Waals surface area contributed by atoms with E-state index in [4.69, 9.17) is 4.74 Å². The lowest BCUT2D eigenvalue weighted by molar-refractivity contribution is 0.362. The number of halogens is 3. The standard InChI is InChI=1S/C12H14Br3NO/c1-3-8-6-9(17-5-4-11(14)15)7-10(13)12(8)16-2/h4,6-7,16H,3,5H2,1-2H3. The van der Waals surface area contributed by atoms with Gasteiger partial charge in [-0.3, -0.25) is 0 Å². The van der Waals surface area contributed by atoms with Crippen molar-refractivity contribution in [1.29, 1.82) is 0 Å². The van der Waals surface area contributed by atoms with Crippen LogP contribution < -0.4 is 10.1 Å². The van der Waals surface area contributed by atoms with Crippen LogP contribution >= 0.6 is 47.8 Å². The molecular weight excluding hydrogens is 414 g/mol. The van der Waals surface area contributed by atoms with Gasteiger partial charge in [-0.2, -0.15) is 0 Å². The topological polar surface area (TPSA) is 21.3 Å². The highest BCUT2D eigenvalue weighted by molar-refractivity contribution is 9.28. The van der Waals surface area contributed by atoms with Gasteiger partial charge in [0.15, 0.2) is 0 Å². The van der Waals surface area contributed by atoms with Crippen LogP contribution in [0.3, 0.4) is 0 Å². The Morgan fingerprint density at radius 3 is 2.65 bits per heavy atom. The molecule has 17 heavy (non-hydrogen) atoms. The van der Waals surface area contributed by atoms with Crippen LogP contribution in [0.15, 0.2) is 26.1 Å². The number of ether oxygens (including phenoxy) is 1. The highest BCUT2D eigenvalue weighted by Gasteiger charge is 2.07. The Balaban J connectivity index is 2.88. The van der Waals surface area contributed by atoms with Crippen molar-refractivity contribution in [3.05, 3.63) is 31.6 Å². The molecular formula is C12H14Br3NO. The van der Waals surface area contributed by atoms with Gasteiger partial charge in [-0.25, -0.2) is 0 Å². The molecule has 0 saturated heterocycles. The summed E-state index contributed by atoms with van der Waals surface area (Å²) in [6.45, 7) is 2.65. The first-order valence-electron chi connectivity index (χ1n) is 5.22. The summed E-state index contributed by atoms with van der Waals surface area (Å²) in [5, 5.41) is 3.19. The summed E-state index contributed by atoms with van der Waals surface area (Å²) in [6, 6.07) is 4.04. The van der Waals surface area contributed by atoms with Crippen LogP contribution in [-0.4, -0.2) is 13.7 Å². The van der Waals surface area contributed by atoms with E-state index in [0.717, 1.165) is 25.7 Å². The largest absolute Gasteiger partial charge is 0.489 e. The molecule has 0 atom stereocenters. The second-order valence-electron chi connectivity index (χ2n) is 3.35. The molecule has 0 unspecified atom stereocenters. The predicted octanol–water partition coefficient (Wildman–Crippen LogP) is 5.06. The van der Waals surface area contributed by atoms with E-state index in [1.165, 1.54) is 5.56 Å². The van der Waals surface area contributed by atoms with Gasteiger partial charge >= 0.3 is 0 Å². The monoisotopic (exact) mass is 425 g/mol. The van der Waals surface area contributed by atoms with Crippen LogP contribution in [0.4, 0.5) is 5.69 Å². The van der Waals surface area contributed by atoms with E-state index in [9.17, 15) is 0 Å². The Labute approximate surface area is 127 Å². The van der Waals surface area contributed by atoms with Crippen LogP contribution in [0, 0.1) is 0 Å². The average Bonchev–Trinajstić information content (AvgIpc) is 2.27. The summed E-state index contributed by atoms with van der Waals surface area (Å²) in [7, 11) is 1.92. The van der Waals surface area contributed by atoms with Crippen molar-refractivity contribution in [1.82, 2.24) is 0 Å². The summed E-state index contributed by atoms with van der Waals surface area (Å²) in [5.74, 6) is 0.866. The van der Waals surface area contributed by atoms with Crippen molar-refractivity contribution in [3.63, 3.8) is 0 Å². The Morgan fingerprint density at radius 2 is 2.12 bits per heavy atom.